The first-order valence-corrected chi connectivity index (χ1v) is 3.84. The Bertz CT molecular complexity index is 485. The average molecular weight is 196 g/mol. The predicted molar refractivity (Wildman–Crippen MR) is 47.8 cm³/mol. The summed E-state index contributed by atoms with van der Waals surface area (Å²) in [4.78, 5) is 0. The van der Waals surface area contributed by atoms with Crippen LogP contribution >= 0.6 is 0 Å². The zero-order chi connectivity index (χ0) is 10.3. The van der Waals surface area contributed by atoms with Crippen LogP contribution in [-0.4, -0.2) is 22.4 Å². The van der Waals surface area contributed by atoms with Gasteiger partial charge in [-0.25, -0.2) is 0 Å². The zero-order valence-electron chi connectivity index (χ0n) is 7.31. The van der Waals surface area contributed by atoms with Gasteiger partial charge in [-0.1, -0.05) is 0 Å². The molecule has 0 saturated carbocycles. The van der Waals surface area contributed by atoms with Gasteiger partial charge in [0, 0.05) is 6.07 Å². The molecule has 0 unspecified atom stereocenters. The number of fused-ring (bicyclic) bond motifs is 1. The molecule has 0 saturated heterocycles. The molecule has 0 bridgehead atoms. The van der Waals surface area contributed by atoms with Crippen molar-refractivity contribution in [3.63, 3.8) is 0 Å². The summed E-state index contributed by atoms with van der Waals surface area (Å²) in [6.07, 6.45) is 1.07. The van der Waals surface area contributed by atoms with Crippen LogP contribution in [-0.2, 0) is 0 Å². The monoisotopic (exact) mass is 196 g/mol. The molecular formula is C9H8O5. The standard InChI is InChI=1S/C9H8O5/c1-13-9-4(10)2-6-7(8(9)12)5(11)3-14-6/h2-3,10-12H,1H3. The molecule has 0 spiro atoms. The highest BCUT2D eigenvalue weighted by Crippen LogP contribution is 2.45. The second kappa shape index (κ2) is 2.73. The Hall–Kier alpha value is -2.04. The summed E-state index contributed by atoms with van der Waals surface area (Å²) < 4.78 is 9.64. The van der Waals surface area contributed by atoms with Crippen molar-refractivity contribution in [1.29, 1.82) is 0 Å². The van der Waals surface area contributed by atoms with Crippen LogP contribution in [0.15, 0.2) is 16.7 Å². The Balaban J connectivity index is 2.89. The third-order valence-electron chi connectivity index (χ3n) is 1.96. The van der Waals surface area contributed by atoms with Crippen LogP contribution in [0.1, 0.15) is 0 Å². The van der Waals surface area contributed by atoms with Gasteiger partial charge in [0.1, 0.15) is 17.2 Å². The number of methoxy groups -OCH3 is 1. The molecule has 0 fully saturated rings. The average Bonchev–Trinajstić information content (AvgIpc) is 2.48. The molecule has 0 radical (unpaired) electrons. The predicted octanol–water partition coefficient (Wildman–Crippen LogP) is 1.56. The fourth-order valence-corrected chi connectivity index (χ4v) is 1.33. The van der Waals surface area contributed by atoms with Gasteiger partial charge in [0.25, 0.3) is 0 Å². The number of hydrogen-bond acceptors (Lipinski definition) is 5. The molecule has 2 rings (SSSR count). The van der Waals surface area contributed by atoms with E-state index in [0.717, 1.165) is 6.26 Å². The van der Waals surface area contributed by atoms with Crippen LogP contribution < -0.4 is 4.74 Å². The number of benzene rings is 1. The summed E-state index contributed by atoms with van der Waals surface area (Å²) in [6.45, 7) is 0. The van der Waals surface area contributed by atoms with E-state index in [-0.39, 0.29) is 34.0 Å². The third kappa shape index (κ3) is 0.953. The number of furan rings is 1. The van der Waals surface area contributed by atoms with E-state index in [9.17, 15) is 15.3 Å². The maximum Gasteiger partial charge on any atom is 0.203 e. The minimum absolute atomic E-state index is 0.0887. The molecule has 5 heteroatoms. The van der Waals surface area contributed by atoms with Gasteiger partial charge in [-0.3, -0.25) is 0 Å². The normalized spacial score (nSPS) is 10.6. The molecule has 1 heterocycles. The molecular weight excluding hydrogens is 188 g/mol. The Morgan fingerprint density at radius 2 is 1.93 bits per heavy atom. The van der Waals surface area contributed by atoms with E-state index in [2.05, 4.69) is 0 Å². The van der Waals surface area contributed by atoms with Crippen molar-refractivity contribution in [3.8, 4) is 23.0 Å². The minimum atomic E-state index is -0.339. The van der Waals surface area contributed by atoms with Crippen molar-refractivity contribution in [2.24, 2.45) is 0 Å². The minimum Gasteiger partial charge on any atom is -0.504 e. The number of phenolic OH excluding ortho intramolecular Hbond substituents is 2. The van der Waals surface area contributed by atoms with Crippen molar-refractivity contribution in [1.82, 2.24) is 0 Å². The van der Waals surface area contributed by atoms with E-state index >= 15 is 0 Å². The van der Waals surface area contributed by atoms with Crippen molar-refractivity contribution in [2.45, 2.75) is 0 Å². The summed E-state index contributed by atoms with van der Waals surface area (Å²) in [5, 5.41) is 28.4. The summed E-state index contributed by atoms with van der Waals surface area (Å²) in [5.74, 6) is -0.870. The molecule has 0 aliphatic rings. The fraction of sp³-hybridized carbons (Fsp3) is 0.111. The number of rotatable bonds is 1. The second-order valence-corrected chi connectivity index (χ2v) is 2.77. The van der Waals surface area contributed by atoms with Crippen LogP contribution in [0.5, 0.6) is 23.0 Å². The van der Waals surface area contributed by atoms with E-state index in [0.29, 0.717) is 0 Å². The van der Waals surface area contributed by atoms with Crippen molar-refractivity contribution >= 4 is 11.0 Å². The van der Waals surface area contributed by atoms with Gasteiger partial charge in [-0.15, -0.1) is 0 Å². The van der Waals surface area contributed by atoms with Gasteiger partial charge in [-0.2, -0.15) is 0 Å². The lowest BCUT2D eigenvalue weighted by molar-refractivity contribution is 0.346. The molecule has 14 heavy (non-hydrogen) atoms. The Morgan fingerprint density at radius 1 is 1.21 bits per heavy atom. The highest BCUT2D eigenvalue weighted by atomic mass is 16.5. The Morgan fingerprint density at radius 3 is 2.57 bits per heavy atom. The Kier molecular flexibility index (Phi) is 1.67. The van der Waals surface area contributed by atoms with Crippen molar-refractivity contribution in [3.05, 3.63) is 12.3 Å². The molecule has 0 aliphatic carbocycles. The maximum atomic E-state index is 9.60. The Labute approximate surface area is 78.8 Å². The van der Waals surface area contributed by atoms with Crippen LogP contribution in [0, 0.1) is 0 Å². The highest BCUT2D eigenvalue weighted by molar-refractivity contribution is 5.93. The molecule has 74 valence electrons. The van der Waals surface area contributed by atoms with Crippen LogP contribution in [0.2, 0.25) is 0 Å². The largest absolute Gasteiger partial charge is 0.504 e. The lowest BCUT2D eigenvalue weighted by atomic mass is 10.2. The molecule has 0 atom stereocenters. The molecule has 1 aromatic carbocycles. The van der Waals surface area contributed by atoms with Crippen LogP contribution in [0.25, 0.3) is 11.0 Å². The summed E-state index contributed by atoms with van der Waals surface area (Å²) in [5.41, 5.74) is 0.193. The summed E-state index contributed by atoms with van der Waals surface area (Å²) in [6, 6.07) is 1.26. The van der Waals surface area contributed by atoms with Crippen LogP contribution in [0.4, 0.5) is 0 Å². The third-order valence-corrected chi connectivity index (χ3v) is 1.96. The SMILES string of the molecule is COc1c(O)cc2occ(O)c2c1O. The van der Waals surface area contributed by atoms with Gasteiger partial charge >= 0.3 is 0 Å². The maximum absolute atomic E-state index is 9.60. The zero-order valence-corrected chi connectivity index (χ0v) is 7.31. The first kappa shape index (κ1) is 8.55. The van der Waals surface area contributed by atoms with Gasteiger partial charge in [0.05, 0.1) is 7.11 Å². The topological polar surface area (TPSA) is 83.1 Å². The molecule has 3 N–H and O–H groups in total. The molecule has 1 aromatic heterocycles. The second-order valence-electron chi connectivity index (χ2n) is 2.77. The fourth-order valence-electron chi connectivity index (χ4n) is 1.33. The summed E-state index contributed by atoms with van der Waals surface area (Å²) >= 11 is 0. The molecule has 2 aromatic rings. The van der Waals surface area contributed by atoms with E-state index in [4.69, 9.17) is 9.15 Å². The van der Waals surface area contributed by atoms with E-state index in [1.165, 1.54) is 13.2 Å². The highest BCUT2D eigenvalue weighted by Gasteiger charge is 2.18. The first-order chi connectivity index (χ1) is 6.65. The number of ether oxygens (including phenoxy) is 1. The van der Waals surface area contributed by atoms with Gasteiger partial charge in [-0.05, 0) is 0 Å². The molecule has 0 aliphatic heterocycles. The van der Waals surface area contributed by atoms with Gasteiger partial charge in [0.15, 0.2) is 17.2 Å². The lowest BCUT2D eigenvalue weighted by Crippen LogP contribution is -1.84. The molecule has 5 nitrogen and oxygen atoms in total. The summed E-state index contributed by atoms with van der Waals surface area (Å²) in [7, 11) is 1.30. The quantitative estimate of drug-likeness (QED) is 0.644. The van der Waals surface area contributed by atoms with E-state index < -0.39 is 0 Å². The van der Waals surface area contributed by atoms with E-state index in [1.54, 1.807) is 0 Å². The number of aromatic hydroxyl groups is 3. The van der Waals surface area contributed by atoms with E-state index in [1.807, 2.05) is 0 Å². The smallest absolute Gasteiger partial charge is 0.203 e. The first-order valence-electron chi connectivity index (χ1n) is 3.84. The lowest BCUT2D eigenvalue weighted by Gasteiger charge is -2.05. The van der Waals surface area contributed by atoms with Gasteiger partial charge in [0.2, 0.25) is 5.75 Å². The molecule has 0 amide bonds. The van der Waals surface area contributed by atoms with Gasteiger partial charge < -0.3 is 24.5 Å². The van der Waals surface area contributed by atoms with Crippen molar-refractivity contribution < 1.29 is 24.5 Å². The van der Waals surface area contributed by atoms with Crippen molar-refractivity contribution in [2.75, 3.05) is 7.11 Å². The number of hydrogen-bond donors (Lipinski definition) is 3. The van der Waals surface area contributed by atoms with Crippen LogP contribution in [0.3, 0.4) is 0 Å². The number of phenols is 2.